The van der Waals surface area contributed by atoms with Gasteiger partial charge in [-0.05, 0) is 25.8 Å². The highest BCUT2D eigenvalue weighted by atomic mass is 16.3. The van der Waals surface area contributed by atoms with Gasteiger partial charge in [0.05, 0.1) is 11.4 Å². The minimum Gasteiger partial charge on any atom is -0.388 e. The van der Waals surface area contributed by atoms with Gasteiger partial charge < -0.3 is 14.6 Å². The van der Waals surface area contributed by atoms with Crippen molar-refractivity contribution in [3.8, 4) is 0 Å². The van der Waals surface area contributed by atoms with Gasteiger partial charge in [-0.3, -0.25) is 0 Å². The zero-order valence-electron chi connectivity index (χ0n) is 13.8. The van der Waals surface area contributed by atoms with Crippen molar-refractivity contribution in [1.29, 1.82) is 0 Å². The minimum absolute atomic E-state index is 0.0799. The molecule has 0 unspecified atom stereocenters. The molecule has 0 amide bonds. The van der Waals surface area contributed by atoms with E-state index in [2.05, 4.69) is 36.5 Å². The first-order chi connectivity index (χ1) is 11.7. The van der Waals surface area contributed by atoms with Crippen LogP contribution in [0.3, 0.4) is 0 Å². The molecule has 1 fully saturated rings. The lowest BCUT2D eigenvalue weighted by Gasteiger charge is -2.33. The summed E-state index contributed by atoms with van der Waals surface area (Å²) in [6.45, 7) is 3.73. The molecule has 0 atom stereocenters. The predicted molar refractivity (Wildman–Crippen MR) is 86.6 cm³/mol. The second-order valence-corrected chi connectivity index (χ2v) is 6.22. The van der Waals surface area contributed by atoms with Gasteiger partial charge in [-0.25, -0.2) is 0 Å². The van der Waals surface area contributed by atoms with Crippen molar-refractivity contribution >= 4 is 11.3 Å². The third-order valence-electron chi connectivity index (χ3n) is 4.71. The number of rotatable bonds is 3. The molecule has 1 aliphatic rings. The van der Waals surface area contributed by atoms with Crippen molar-refractivity contribution in [1.82, 2.24) is 34.6 Å². The zero-order chi connectivity index (χ0) is 16.7. The third kappa shape index (κ3) is 2.41. The highest BCUT2D eigenvalue weighted by Crippen LogP contribution is 2.31. The Labute approximate surface area is 138 Å². The van der Waals surface area contributed by atoms with Crippen LogP contribution in [0.5, 0.6) is 0 Å². The van der Waals surface area contributed by atoms with Gasteiger partial charge in [0.1, 0.15) is 18.8 Å². The molecule has 126 valence electrons. The van der Waals surface area contributed by atoms with Crippen LogP contribution >= 0.6 is 0 Å². The molecule has 3 aromatic rings. The first-order valence-corrected chi connectivity index (χ1v) is 8.09. The molecule has 0 aromatic carbocycles. The van der Waals surface area contributed by atoms with Gasteiger partial charge in [0.25, 0.3) is 0 Å². The lowest BCUT2D eigenvalue weighted by Crippen LogP contribution is -2.34. The number of piperidine rings is 1. The van der Waals surface area contributed by atoms with E-state index in [9.17, 15) is 5.11 Å². The van der Waals surface area contributed by atoms with Gasteiger partial charge in [0.15, 0.2) is 5.82 Å². The maximum atomic E-state index is 9.27. The standard InChI is InChI=1S/C15H20N8O/c1-10-7-12(15-18-16-9-23(15)20-10)22-5-3-11(4-6-22)14-19-17-13(8-24)21(14)2/h7,9,11,24H,3-6,8H2,1-2H3. The summed E-state index contributed by atoms with van der Waals surface area (Å²) in [6.07, 6.45) is 3.60. The molecule has 0 bridgehead atoms. The molecule has 9 nitrogen and oxygen atoms in total. The van der Waals surface area contributed by atoms with Crippen LogP contribution in [0, 0.1) is 6.92 Å². The maximum absolute atomic E-state index is 9.27. The summed E-state index contributed by atoms with van der Waals surface area (Å²) in [4.78, 5) is 2.33. The molecule has 3 aromatic heterocycles. The topological polar surface area (TPSA) is 97.3 Å². The van der Waals surface area contributed by atoms with Crippen molar-refractivity contribution in [2.45, 2.75) is 32.3 Å². The molecule has 0 spiro atoms. The Balaban J connectivity index is 1.55. The van der Waals surface area contributed by atoms with Crippen molar-refractivity contribution in [2.75, 3.05) is 18.0 Å². The predicted octanol–water partition coefficient (Wildman–Crippen LogP) is 0.438. The Kier molecular flexibility index (Phi) is 3.64. The lowest BCUT2D eigenvalue weighted by atomic mass is 9.95. The Morgan fingerprint density at radius 3 is 2.71 bits per heavy atom. The first-order valence-electron chi connectivity index (χ1n) is 8.09. The Morgan fingerprint density at radius 1 is 1.21 bits per heavy atom. The van der Waals surface area contributed by atoms with Crippen LogP contribution in [0.25, 0.3) is 5.65 Å². The van der Waals surface area contributed by atoms with Gasteiger partial charge in [-0.1, -0.05) is 0 Å². The molecule has 0 saturated carbocycles. The normalized spacial score (nSPS) is 16.2. The van der Waals surface area contributed by atoms with Crippen LogP contribution in [0.1, 0.15) is 36.1 Å². The number of aliphatic hydroxyl groups excluding tert-OH is 1. The van der Waals surface area contributed by atoms with Crippen LogP contribution in [0.4, 0.5) is 5.69 Å². The SMILES string of the molecule is Cc1cc(N2CCC(c3nnc(CO)n3C)CC2)c2nncn2n1. The van der Waals surface area contributed by atoms with Crippen LogP contribution in [-0.2, 0) is 13.7 Å². The van der Waals surface area contributed by atoms with Gasteiger partial charge >= 0.3 is 0 Å². The minimum atomic E-state index is -0.0799. The average molecular weight is 328 g/mol. The lowest BCUT2D eigenvalue weighted by molar-refractivity contribution is 0.266. The quantitative estimate of drug-likeness (QED) is 0.745. The summed E-state index contributed by atoms with van der Waals surface area (Å²) in [5.41, 5.74) is 2.81. The molecule has 1 saturated heterocycles. The monoisotopic (exact) mass is 328 g/mol. The number of anilines is 1. The Bertz CT molecular complexity index is 862. The first kappa shape index (κ1) is 15.0. The van der Waals surface area contributed by atoms with E-state index in [0.29, 0.717) is 11.7 Å². The molecular formula is C15H20N8O. The molecule has 24 heavy (non-hydrogen) atoms. The number of aryl methyl sites for hydroxylation is 1. The van der Waals surface area contributed by atoms with E-state index in [4.69, 9.17) is 0 Å². The molecule has 1 aliphatic heterocycles. The fourth-order valence-electron chi connectivity index (χ4n) is 3.41. The third-order valence-corrected chi connectivity index (χ3v) is 4.71. The average Bonchev–Trinajstić information content (AvgIpc) is 3.20. The molecular weight excluding hydrogens is 308 g/mol. The van der Waals surface area contributed by atoms with Crippen LogP contribution < -0.4 is 4.90 Å². The Morgan fingerprint density at radius 2 is 2.00 bits per heavy atom. The number of nitrogens with zero attached hydrogens (tertiary/aromatic N) is 8. The summed E-state index contributed by atoms with van der Waals surface area (Å²) in [7, 11) is 1.92. The fourth-order valence-corrected chi connectivity index (χ4v) is 3.41. The smallest absolute Gasteiger partial charge is 0.200 e. The van der Waals surface area contributed by atoms with E-state index >= 15 is 0 Å². The van der Waals surface area contributed by atoms with Crippen LogP contribution in [0.2, 0.25) is 0 Å². The Hall–Kier alpha value is -2.55. The number of fused-ring (bicyclic) bond motifs is 1. The fraction of sp³-hybridized carbons (Fsp3) is 0.533. The largest absolute Gasteiger partial charge is 0.388 e. The number of hydrogen-bond acceptors (Lipinski definition) is 7. The van der Waals surface area contributed by atoms with E-state index in [0.717, 1.165) is 48.8 Å². The zero-order valence-corrected chi connectivity index (χ0v) is 13.8. The van der Waals surface area contributed by atoms with Gasteiger partial charge in [-0.15, -0.1) is 20.4 Å². The summed E-state index contributed by atoms with van der Waals surface area (Å²) in [6, 6.07) is 2.07. The van der Waals surface area contributed by atoms with Crippen molar-refractivity contribution < 1.29 is 5.11 Å². The van der Waals surface area contributed by atoms with E-state index in [1.165, 1.54) is 0 Å². The van der Waals surface area contributed by atoms with Crippen molar-refractivity contribution in [2.24, 2.45) is 7.05 Å². The van der Waals surface area contributed by atoms with E-state index in [1.54, 1.807) is 10.8 Å². The van der Waals surface area contributed by atoms with E-state index in [1.807, 2.05) is 18.5 Å². The van der Waals surface area contributed by atoms with Gasteiger partial charge in [0.2, 0.25) is 5.65 Å². The molecule has 0 aliphatic carbocycles. The number of hydrogen-bond donors (Lipinski definition) is 1. The van der Waals surface area contributed by atoms with E-state index < -0.39 is 0 Å². The number of aromatic nitrogens is 7. The van der Waals surface area contributed by atoms with Crippen molar-refractivity contribution in [3.05, 3.63) is 29.7 Å². The summed E-state index contributed by atoms with van der Waals surface area (Å²) >= 11 is 0. The van der Waals surface area contributed by atoms with Crippen LogP contribution in [-0.4, -0.2) is 52.8 Å². The second kappa shape index (κ2) is 5.82. The summed E-state index contributed by atoms with van der Waals surface area (Å²) in [5.74, 6) is 1.93. The molecule has 0 radical (unpaired) electrons. The highest BCUT2D eigenvalue weighted by molar-refractivity contribution is 5.68. The molecule has 4 heterocycles. The number of aliphatic hydroxyl groups is 1. The van der Waals surface area contributed by atoms with Crippen molar-refractivity contribution in [3.63, 3.8) is 0 Å². The van der Waals surface area contributed by atoms with Gasteiger partial charge in [-0.2, -0.15) is 9.61 Å². The maximum Gasteiger partial charge on any atom is 0.200 e. The second-order valence-electron chi connectivity index (χ2n) is 6.22. The molecule has 1 N–H and O–H groups in total. The summed E-state index contributed by atoms with van der Waals surface area (Å²) < 4.78 is 3.64. The highest BCUT2D eigenvalue weighted by Gasteiger charge is 2.26. The van der Waals surface area contributed by atoms with Crippen LogP contribution in [0.15, 0.2) is 12.4 Å². The molecule has 9 heteroatoms. The molecule has 4 rings (SSSR count). The summed E-state index contributed by atoms with van der Waals surface area (Å²) in [5, 5.41) is 30.1. The van der Waals surface area contributed by atoms with E-state index in [-0.39, 0.29) is 6.61 Å². The van der Waals surface area contributed by atoms with Gasteiger partial charge in [0, 0.05) is 26.1 Å².